The molecule has 0 radical (unpaired) electrons. The lowest BCUT2D eigenvalue weighted by atomic mass is 10.1. The van der Waals surface area contributed by atoms with Gasteiger partial charge in [0.2, 0.25) is 5.91 Å². The van der Waals surface area contributed by atoms with Gasteiger partial charge in [-0.1, -0.05) is 52.7 Å². The molecular formula is C25H33BrN2O3. The van der Waals surface area contributed by atoms with E-state index in [4.69, 9.17) is 4.74 Å². The predicted octanol–water partition coefficient (Wildman–Crippen LogP) is 5.09. The summed E-state index contributed by atoms with van der Waals surface area (Å²) in [6.07, 6.45) is 0.829. The van der Waals surface area contributed by atoms with Crippen molar-refractivity contribution in [3.63, 3.8) is 0 Å². The van der Waals surface area contributed by atoms with Gasteiger partial charge >= 0.3 is 0 Å². The highest BCUT2D eigenvalue weighted by atomic mass is 79.9. The molecule has 0 aliphatic heterocycles. The molecule has 2 aromatic rings. The Morgan fingerprint density at radius 3 is 2.32 bits per heavy atom. The third-order valence-electron chi connectivity index (χ3n) is 5.38. The lowest BCUT2D eigenvalue weighted by Gasteiger charge is -2.29. The van der Waals surface area contributed by atoms with Gasteiger partial charge in [-0.2, -0.15) is 0 Å². The second-order valence-electron chi connectivity index (χ2n) is 8.16. The third kappa shape index (κ3) is 7.10. The minimum atomic E-state index is -0.612. The van der Waals surface area contributed by atoms with Crippen LogP contribution in [0.25, 0.3) is 0 Å². The van der Waals surface area contributed by atoms with Gasteiger partial charge in [-0.15, -0.1) is 0 Å². The molecule has 0 saturated heterocycles. The van der Waals surface area contributed by atoms with Crippen molar-refractivity contribution >= 4 is 27.7 Å². The number of halogens is 1. The Kier molecular flexibility index (Phi) is 9.11. The smallest absolute Gasteiger partial charge is 0.261 e. The summed E-state index contributed by atoms with van der Waals surface area (Å²) in [6, 6.07) is 11.2. The van der Waals surface area contributed by atoms with Gasteiger partial charge in [-0.05, 0) is 69.9 Å². The minimum Gasteiger partial charge on any atom is -0.484 e. The molecule has 2 atom stereocenters. The second-order valence-corrected chi connectivity index (χ2v) is 8.96. The van der Waals surface area contributed by atoms with E-state index in [9.17, 15) is 9.59 Å². The number of ether oxygens (including phenoxy) is 1. The average Bonchev–Trinajstić information content (AvgIpc) is 2.73. The minimum absolute atomic E-state index is 0.0517. The zero-order valence-corrected chi connectivity index (χ0v) is 20.9. The number of carbonyl (C=O) groups excluding carboxylic acids is 2. The highest BCUT2D eigenvalue weighted by Crippen LogP contribution is 2.26. The fraction of sp³-hybridized carbons (Fsp3) is 0.440. The van der Waals surface area contributed by atoms with Crippen LogP contribution < -0.4 is 10.1 Å². The summed E-state index contributed by atoms with van der Waals surface area (Å²) in [5.74, 6) is 0.246. The first-order chi connectivity index (χ1) is 14.6. The largest absolute Gasteiger partial charge is 0.484 e. The molecule has 0 heterocycles. The quantitative estimate of drug-likeness (QED) is 0.534. The van der Waals surface area contributed by atoms with Crippen molar-refractivity contribution in [2.24, 2.45) is 0 Å². The summed E-state index contributed by atoms with van der Waals surface area (Å²) in [6.45, 7) is 11.9. The van der Waals surface area contributed by atoms with Crippen molar-refractivity contribution in [1.29, 1.82) is 0 Å². The summed E-state index contributed by atoms with van der Waals surface area (Å²) >= 11 is 3.54. The Morgan fingerprint density at radius 1 is 1.10 bits per heavy atom. The SMILES string of the molecule is CCC(C)NC(=O)C(C)N(Cc1cccc(C)c1)C(=O)COc1cc(C)c(Br)c(C)c1. The Bertz CT molecular complexity index is 906. The summed E-state index contributed by atoms with van der Waals surface area (Å²) in [5, 5.41) is 2.98. The maximum atomic E-state index is 13.2. The molecule has 0 aliphatic rings. The van der Waals surface area contributed by atoms with E-state index in [-0.39, 0.29) is 24.5 Å². The van der Waals surface area contributed by atoms with Gasteiger partial charge in [-0.3, -0.25) is 9.59 Å². The Morgan fingerprint density at radius 2 is 1.74 bits per heavy atom. The molecule has 31 heavy (non-hydrogen) atoms. The van der Waals surface area contributed by atoms with Crippen LogP contribution in [0.4, 0.5) is 0 Å². The van der Waals surface area contributed by atoms with E-state index in [0.717, 1.165) is 33.1 Å². The standard InChI is InChI=1S/C25H33BrN2O3/c1-7-19(5)27-25(30)20(6)28(14-21-10-8-9-16(2)11-21)23(29)15-31-22-12-17(3)24(26)18(4)13-22/h8-13,19-20H,7,14-15H2,1-6H3,(H,27,30). The molecule has 2 rings (SSSR count). The number of nitrogens with zero attached hydrogens (tertiary/aromatic N) is 1. The van der Waals surface area contributed by atoms with Crippen LogP contribution in [0.2, 0.25) is 0 Å². The predicted molar refractivity (Wildman–Crippen MR) is 128 cm³/mol. The Labute approximate surface area is 194 Å². The summed E-state index contributed by atoms with van der Waals surface area (Å²) in [4.78, 5) is 27.5. The molecule has 168 valence electrons. The van der Waals surface area contributed by atoms with Crippen LogP contribution in [0.15, 0.2) is 40.9 Å². The normalized spacial score (nSPS) is 12.7. The van der Waals surface area contributed by atoms with Crippen LogP contribution in [0.5, 0.6) is 5.75 Å². The number of nitrogens with one attached hydrogen (secondary N) is 1. The number of hydrogen-bond donors (Lipinski definition) is 1. The molecule has 5 nitrogen and oxygen atoms in total. The van der Waals surface area contributed by atoms with Crippen molar-refractivity contribution in [2.75, 3.05) is 6.61 Å². The highest BCUT2D eigenvalue weighted by molar-refractivity contribution is 9.10. The first-order valence-electron chi connectivity index (χ1n) is 10.7. The fourth-order valence-electron chi connectivity index (χ4n) is 3.27. The van der Waals surface area contributed by atoms with Gasteiger partial charge in [0, 0.05) is 17.1 Å². The van der Waals surface area contributed by atoms with Gasteiger partial charge in [0.15, 0.2) is 6.61 Å². The molecule has 0 aliphatic carbocycles. The zero-order valence-electron chi connectivity index (χ0n) is 19.3. The molecule has 0 saturated carbocycles. The van der Waals surface area contributed by atoms with Gasteiger partial charge < -0.3 is 15.0 Å². The number of amides is 2. The summed E-state index contributed by atoms with van der Waals surface area (Å²) in [7, 11) is 0. The van der Waals surface area contributed by atoms with E-state index in [1.54, 1.807) is 11.8 Å². The lowest BCUT2D eigenvalue weighted by molar-refractivity contribution is -0.142. The summed E-state index contributed by atoms with van der Waals surface area (Å²) in [5.41, 5.74) is 4.17. The van der Waals surface area contributed by atoms with Crippen molar-refractivity contribution < 1.29 is 14.3 Å². The molecular weight excluding hydrogens is 456 g/mol. The maximum absolute atomic E-state index is 13.2. The molecule has 6 heteroatoms. The molecule has 0 aromatic heterocycles. The number of rotatable bonds is 9. The topological polar surface area (TPSA) is 58.6 Å². The molecule has 2 amide bonds. The fourth-order valence-corrected chi connectivity index (χ4v) is 3.50. The van der Waals surface area contributed by atoms with Crippen molar-refractivity contribution in [2.45, 2.75) is 66.6 Å². The molecule has 0 spiro atoms. The van der Waals surface area contributed by atoms with Gasteiger partial charge in [0.05, 0.1) is 0 Å². The Balaban J connectivity index is 2.19. The van der Waals surface area contributed by atoms with E-state index in [1.807, 2.05) is 71.0 Å². The molecule has 2 aromatic carbocycles. The van der Waals surface area contributed by atoms with Crippen LogP contribution in [0, 0.1) is 20.8 Å². The van der Waals surface area contributed by atoms with E-state index in [1.165, 1.54) is 0 Å². The number of aryl methyl sites for hydroxylation is 3. The molecule has 2 unspecified atom stereocenters. The van der Waals surface area contributed by atoms with Gasteiger partial charge in [0.25, 0.3) is 5.91 Å². The van der Waals surface area contributed by atoms with E-state index < -0.39 is 6.04 Å². The van der Waals surface area contributed by atoms with E-state index in [0.29, 0.717) is 12.3 Å². The highest BCUT2D eigenvalue weighted by Gasteiger charge is 2.27. The van der Waals surface area contributed by atoms with Crippen molar-refractivity contribution in [3.05, 3.63) is 63.1 Å². The van der Waals surface area contributed by atoms with Crippen LogP contribution in [0.3, 0.4) is 0 Å². The van der Waals surface area contributed by atoms with Crippen molar-refractivity contribution in [3.8, 4) is 5.75 Å². The first-order valence-corrected chi connectivity index (χ1v) is 11.5. The lowest BCUT2D eigenvalue weighted by Crippen LogP contribution is -2.50. The van der Waals surface area contributed by atoms with Crippen molar-refractivity contribution in [1.82, 2.24) is 10.2 Å². The zero-order chi connectivity index (χ0) is 23.1. The second kappa shape index (κ2) is 11.3. The molecule has 0 bridgehead atoms. The van der Waals surface area contributed by atoms with Crippen LogP contribution >= 0.6 is 15.9 Å². The summed E-state index contributed by atoms with van der Waals surface area (Å²) < 4.78 is 6.85. The van der Waals surface area contributed by atoms with Crippen LogP contribution in [0.1, 0.15) is 49.4 Å². The Hall–Kier alpha value is -2.34. The average molecular weight is 489 g/mol. The van der Waals surface area contributed by atoms with E-state index >= 15 is 0 Å². The molecule has 0 fully saturated rings. The van der Waals surface area contributed by atoms with Gasteiger partial charge in [0.1, 0.15) is 11.8 Å². The van der Waals surface area contributed by atoms with Crippen LogP contribution in [-0.4, -0.2) is 35.4 Å². The van der Waals surface area contributed by atoms with E-state index in [2.05, 4.69) is 21.2 Å². The molecule has 1 N–H and O–H groups in total. The number of carbonyl (C=O) groups is 2. The third-order valence-corrected chi connectivity index (χ3v) is 6.63. The van der Waals surface area contributed by atoms with Crippen LogP contribution in [-0.2, 0) is 16.1 Å². The maximum Gasteiger partial charge on any atom is 0.261 e. The monoisotopic (exact) mass is 488 g/mol. The number of hydrogen-bond acceptors (Lipinski definition) is 3. The van der Waals surface area contributed by atoms with Gasteiger partial charge in [-0.25, -0.2) is 0 Å². The first kappa shape index (κ1) is 24.9. The number of benzene rings is 2.